The summed E-state index contributed by atoms with van der Waals surface area (Å²) in [6.07, 6.45) is 2.37. The lowest BCUT2D eigenvalue weighted by molar-refractivity contribution is -0.147. The normalized spacial score (nSPS) is 17.6. The van der Waals surface area contributed by atoms with Crippen LogP contribution in [-0.2, 0) is 10.2 Å². The average molecular weight is 234 g/mol. The first-order valence-corrected chi connectivity index (χ1v) is 5.94. The van der Waals surface area contributed by atoms with Crippen molar-refractivity contribution in [2.24, 2.45) is 0 Å². The first-order valence-electron chi connectivity index (χ1n) is 5.94. The standard InChI is InChI=1S/C14H18O3/c1-8-7-11(9(2)10(3)12(8)15)14(13(16)17)5-4-6-14/h7,15H,4-6H2,1-3H3,(H,16,17). The maximum absolute atomic E-state index is 11.5. The number of phenolic OH excluding ortho intramolecular Hbond substituents is 1. The molecule has 1 aliphatic carbocycles. The highest BCUT2D eigenvalue weighted by Gasteiger charge is 2.47. The van der Waals surface area contributed by atoms with Gasteiger partial charge in [0, 0.05) is 0 Å². The first-order chi connectivity index (χ1) is 7.90. The number of aromatic hydroxyl groups is 1. The minimum Gasteiger partial charge on any atom is -0.507 e. The van der Waals surface area contributed by atoms with E-state index in [1.54, 1.807) is 0 Å². The van der Waals surface area contributed by atoms with Gasteiger partial charge in [-0.15, -0.1) is 0 Å². The summed E-state index contributed by atoms with van der Waals surface area (Å²) >= 11 is 0. The molecule has 0 spiro atoms. The summed E-state index contributed by atoms with van der Waals surface area (Å²) in [7, 11) is 0. The van der Waals surface area contributed by atoms with E-state index in [0.717, 1.165) is 28.7 Å². The topological polar surface area (TPSA) is 57.5 Å². The lowest BCUT2D eigenvalue weighted by Gasteiger charge is -2.39. The number of aryl methyl sites for hydroxylation is 1. The van der Waals surface area contributed by atoms with E-state index < -0.39 is 11.4 Å². The summed E-state index contributed by atoms with van der Waals surface area (Å²) in [6.45, 7) is 5.56. The van der Waals surface area contributed by atoms with Gasteiger partial charge in [-0.05, 0) is 55.9 Å². The molecule has 0 unspecified atom stereocenters. The summed E-state index contributed by atoms with van der Waals surface area (Å²) in [5.41, 5.74) is 2.63. The molecular weight excluding hydrogens is 216 g/mol. The molecule has 17 heavy (non-hydrogen) atoms. The van der Waals surface area contributed by atoms with Crippen LogP contribution in [0, 0.1) is 20.8 Å². The first kappa shape index (κ1) is 12.0. The largest absolute Gasteiger partial charge is 0.507 e. The molecule has 0 bridgehead atoms. The Balaban J connectivity index is 2.64. The number of hydrogen-bond acceptors (Lipinski definition) is 2. The van der Waals surface area contributed by atoms with Gasteiger partial charge in [0.15, 0.2) is 0 Å². The molecular formula is C14H18O3. The van der Waals surface area contributed by atoms with Crippen LogP contribution in [0.5, 0.6) is 5.75 Å². The number of hydrogen-bond donors (Lipinski definition) is 2. The van der Waals surface area contributed by atoms with Crippen molar-refractivity contribution in [2.75, 3.05) is 0 Å². The highest BCUT2D eigenvalue weighted by Crippen LogP contribution is 2.47. The number of carboxylic acid groups (broad SMARTS) is 1. The van der Waals surface area contributed by atoms with Gasteiger partial charge >= 0.3 is 5.97 Å². The number of phenols is 1. The Morgan fingerprint density at radius 3 is 2.24 bits per heavy atom. The maximum atomic E-state index is 11.5. The van der Waals surface area contributed by atoms with E-state index in [1.807, 2.05) is 26.8 Å². The van der Waals surface area contributed by atoms with Crippen LogP contribution in [-0.4, -0.2) is 16.2 Å². The Kier molecular flexibility index (Phi) is 2.64. The predicted molar refractivity (Wildman–Crippen MR) is 65.5 cm³/mol. The van der Waals surface area contributed by atoms with Gasteiger partial charge in [0.05, 0.1) is 5.41 Å². The number of carbonyl (C=O) groups is 1. The molecule has 0 amide bonds. The smallest absolute Gasteiger partial charge is 0.314 e. The second kappa shape index (κ2) is 3.76. The zero-order valence-electron chi connectivity index (χ0n) is 10.5. The minimum absolute atomic E-state index is 0.283. The molecule has 1 aliphatic rings. The highest BCUT2D eigenvalue weighted by atomic mass is 16.4. The van der Waals surface area contributed by atoms with E-state index >= 15 is 0 Å². The molecule has 0 atom stereocenters. The Morgan fingerprint density at radius 1 is 1.24 bits per heavy atom. The fourth-order valence-corrected chi connectivity index (χ4v) is 2.69. The summed E-state index contributed by atoms with van der Waals surface area (Å²) in [5.74, 6) is -0.456. The van der Waals surface area contributed by atoms with Crippen molar-refractivity contribution in [3.05, 3.63) is 28.3 Å². The Morgan fingerprint density at radius 2 is 1.82 bits per heavy atom. The van der Waals surface area contributed by atoms with Gasteiger partial charge in [-0.2, -0.15) is 0 Å². The molecule has 2 rings (SSSR count). The predicted octanol–water partition coefficient (Wildman–Crippen LogP) is 2.82. The Hall–Kier alpha value is -1.51. The SMILES string of the molecule is Cc1cc(C2(C(=O)O)CCC2)c(C)c(C)c1O. The summed E-state index contributed by atoms with van der Waals surface area (Å²) in [6, 6.07) is 1.84. The Labute approximate surface area is 101 Å². The van der Waals surface area contributed by atoms with Crippen molar-refractivity contribution >= 4 is 5.97 Å². The van der Waals surface area contributed by atoms with Crippen LogP contribution < -0.4 is 0 Å². The monoisotopic (exact) mass is 234 g/mol. The van der Waals surface area contributed by atoms with E-state index in [2.05, 4.69) is 0 Å². The van der Waals surface area contributed by atoms with Crippen LogP contribution >= 0.6 is 0 Å². The summed E-state index contributed by atoms with van der Waals surface area (Å²) in [4.78, 5) is 11.5. The lowest BCUT2D eigenvalue weighted by atomic mass is 9.63. The molecule has 0 saturated heterocycles. The van der Waals surface area contributed by atoms with Crippen molar-refractivity contribution in [1.29, 1.82) is 0 Å². The zero-order chi connectivity index (χ0) is 12.8. The molecule has 0 aromatic heterocycles. The van der Waals surface area contributed by atoms with Crippen molar-refractivity contribution in [3.8, 4) is 5.75 Å². The van der Waals surface area contributed by atoms with Gasteiger partial charge in [0.25, 0.3) is 0 Å². The molecule has 0 aliphatic heterocycles. The van der Waals surface area contributed by atoms with E-state index in [-0.39, 0.29) is 5.75 Å². The van der Waals surface area contributed by atoms with Gasteiger partial charge in [-0.25, -0.2) is 0 Å². The van der Waals surface area contributed by atoms with Crippen molar-refractivity contribution < 1.29 is 15.0 Å². The van der Waals surface area contributed by atoms with Gasteiger partial charge in [0.2, 0.25) is 0 Å². The number of carboxylic acids is 1. The molecule has 92 valence electrons. The summed E-state index contributed by atoms with van der Waals surface area (Å²) < 4.78 is 0. The van der Waals surface area contributed by atoms with Crippen molar-refractivity contribution in [1.82, 2.24) is 0 Å². The van der Waals surface area contributed by atoms with Gasteiger partial charge in [-0.3, -0.25) is 4.79 Å². The van der Waals surface area contributed by atoms with Gasteiger partial charge in [-0.1, -0.05) is 12.5 Å². The van der Waals surface area contributed by atoms with E-state index in [9.17, 15) is 15.0 Å². The molecule has 1 saturated carbocycles. The third-order valence-corrected chi connectivity index (χ3v) is 4.19. The minimum atomic E-state index is -0.740. The lowest BCUT2D eigenvalue weighted by Crippen LogP contribution is -2.43. The van der Waals surface area contributed by atoms with E-state index in [0.29, 0.717) is 12.8 Å². The van der Waals surface area contributed by atoms with Crippen LogP contribution in [0.2, 0.25) is 0 Å². The maximum Gasteiger partial charge on any atom is 0.314 e. The molecule has 0 heterocycles. The highest BCUT2D eigenvalue weighted by molar-refractivity contribution is 5.83. The van der Waals surface area contributed by atoms with E-state index in [1.165, 1.54) is 0 Å². The average Bonchev–Trinajstić information content (AvgIpc) is 2.20. The molecule has 1 aromatic rings. The molecule has 0 radical (unpaired) electrons. The van der Waals surface area contributed by atoms with Gasteiger partial charge in [0.1, 0.15) is 5.75 Å². The fraction of sp³-hybridized carbons (Fsp3) is 0.500. The number of rotatable bonds is 2. The van der Waals surface area contributed by atoms with Crippen LogP contribution in [0.3, 0.4) is 0 Å². The van der Waals surface area contributed by atoms with Crippen molar-refractivity contribution in [2.45, 2.75) is 45.4 Å². The quantitative estimate of drug-likeness (QED) is 0.827. The van der Waals surface area contributed by atoms with Gasteiger partial charge < -0.3 is 10.2 Å². The Bertz CT molecular complexity index is 485. The molecule has 2 N–H and O–H groups in total. The third kappa shape index (κ3) is 1.53. The van der Waals surface area contributed by atoms with Crippen LogP contribution in [0.1, 0.15) is 41.5 Å². The molecule has 3 heteroatoms. The van der Waals surface area contributed by atoms with Crippen LogP contribution in [0.25, 0.3) is 0 Å². The second-order valence-corrected chi connectivity index (χ2v) is 5.08. The second-order valence-electron chi connectivity index (χ2n) is 5.08. The number of benzene rings is 1. The van der Waals surface area contributed by atoms with Crippen molar-refractivity contribution in [3.63, 3.8) is 0 Å². The zero-order valence-corrected chi connectivity index (χ0v) is 10.5. The van der Waals surface area contributed by atoms with E-state index in [4.69, 9.17) is 0 Å². The summed E-state index contributed by atoms with van der Waals surface area (Å²) in [5, 5.41) is 19.3. The third-order valence-electron chi connectivity index (χ3n) is 4.19. The van der Waals surface area contributed by atoms with Crippen LogP contribution in [0.4, 0.5) is 0 Å². The number of aliphatic carboxylic acids is 1. The fourth-order valence-electron chi connectivity index (χ4n) is 2.69. The van der Waals surface area contributed by atoms with Crippen LogP contribution in [0.15, 0.2) is 6.07 Å². The molecule has 1 fully saturated rings. The molecule has 1 aromatic carbocycles. The molecule has 3 nitrogen and oxygen atoms in total.